The predicted octanol–water partition coefficient (Wildman–Crippen LogP) is 3.89. The molecule has 4 rings (SSSR count). The summed E-state index contributed by atoms with van der Waals surface area (Å²) < 4.78 is 1.93. The fourth-order valence-corrected chi connectivity index (χ4v) is 4.11. The van der Waals surface area contributed by atoms with Crippen molar-refractivity contribution in [3.05, 3.63) is 58.9 Å². The summed E-state index contributed by atoms with van der Waals surface area (Å²) in [4.78, 5) is 39.2. The van der Waals surface area contributed by atoms with E-state index in [1.807, 2.05) is 42.0 Å². The minimum atomic E-state index is -0.639. The van der Waals surface area contributed by atoms with Gasteiger partial charge in [-0.15, -0.1) is 0 Å². The fraction of sp³-hybridized carbons (Fsp3) is 0.348. The lowest BCUT2D eigenvalue weighted by Gasteiger charge is -2.35. The van der Waals surface area contributed by atoms with Gasteiger partial charge in [-0.05, 0) is 68.2 Å². The molecular weight excluding hydrogens is 366 g/mol. The molecule has 0 radical (unpaired) electrons. The van der Waals surface area contributed by atoms with E-state index in [4.69, 9.17) is 0 Å². The molecule has 2 heterocycles. The second kappa shape index (κ2) is 7.70. The van der Waals surface area contributed by atoms with Crippen molar-refractivity contribution in [2.75, 3.05) is 0 Å². The van der Waals surface area contributed by atoms with Gasteiger partial charge in [-0.25, -0.2) is 4.79 Å². The third-order valence-corrected chi connectivity index (χ3v) is 5.91. The number of hydrogen-bond donors (Lipinski definition) is 1. The average molecular weight is 391 g/mol. The van der Waals surface area contributed by atoms with Crippen molar-refractivity contribution in [2.45, 2.75) is 52.0 Å². The Kier molecular flexibility index (Phi) is 5.09. The van der Waals surface area contributed by atoms with Crippen molar-refractivity contribution in [1.29, 1.82) is 0 Å². The zero-order valence-corrected chi connectivity index (χ0v) is 16.8. The van der Waals surface area contributed by atoms with Gasteiger partial charge >= 0.3 is 6.03 Å². The molecule has 1 N–H and O–H groups in total. The van der Waals surface area contributed by atoms with Gasteiger partial charge < -0.3 is 4.57 Å². The second-order valence-electron chi connectivity index (χ2n) is 7.86. The van der Waals surface area contributed by atoms with Crippen molar-refractivity contribution in [2.24, 2.45) is 0 Å². The van der Waals surface area contributed by atoms with Crippen LogP contribution in [0.3, 0.4) is 0 Å². The van der Waals surface area contributed by atoms with Gasteiger partial charge in [0.25, 0.3) is 11.8 Å². The van der Waals surface area contributed by atoms with Gasteiger partial charge in [0.1, 0.15) is 5.57 Å². The van der Waals surface area contributed by atoms with Crippen LogP contribution < -0.4 is 5.32 Å². The third kappa shape index (κ3) is 3.62. The first-order chi connectivity index (χ1) is 14.0. The van der Waals surface area contributed by atoms with Crippen LogP contribution in [-0.2, 0) is 9.59 Å². The van der Waals surface area contributed by atoms with E-state index in [1.54, 1.807) is 6.08 Å². The number of hydrogen-bond acceptors (Lipinski definition) is 3. The molecule has 1 aliphatic carbocycles. The van der Waals surface area contributed by atoms with Crippen LogP contribution in [0.15, 0.2) is 42.1 Å². The molecule has 1 saturated carbocycles. The maximum atomic E-state index is 13.1. The smallest absolute Gasteiger partial charge is 0.317 e. The van der Waals surface area contributed by atoms with Gasteiger partial charge in [0.2, 0.25) is 0 Å². The summed E-state index contributed by atoms with van der Waals surface area (Å²) >= 11 is 0. The van der Waals surface area contributed by atoms with Gasteiger partial charge in [0.05, 0.1) is 0 Å². The quantitative estimate of drug-likeness (QED) is 0.637. The summed E-state index contributed by atoms with van der Waals surface area (Å²) in [6.07, 6.45) is 8.15. The number of carbonyl (C=O) groups excluding carboxylic acids is 3. The maximum absolute atomic E-state index is 13.1. The fourth-order valence-electron chi connectivity index (χ4n) is 4.11. The van der Waals surface area contributed by atoms with E-state index in [2.05, 4.69) is 18.3 Å². The largest absolute Gasteiger partial charge is 0.331 e. The van der Waals surface area contributed by atoms with Crippen LogP contribution in [0.4, 0.5) is 4.79 Å². The minimum absolute atomic E-state index is 0.000966. The lowest BCUT2D eigenvalue weighted by atomic mass is 9.93. The van der Waals surface area contributed by atoms with Crippen LogP contribution in [0.25, 0.3) is 11.8 Å². The van der Waals surface area contributed by atoms with Gasteiger partial charge in [0.15, 0.2) is 0 Å². The van der Waals surface area contributed by atoms with Crippen molar-refractivity contribution in [3.63, 3.8) is 0 Å². The highest BCUT2D eigenvalue weighted by atomic mass is 16.2. The summed E-state index contributed by atoms with van der Waals surface area (Å²) in [6.45, 7) is 4.10. The number of urea groups is 1. The molecule has 0 bridgehead atoms. The number of carbonyl (C=O) groups is 3. The highest BCUT2D eigenvalue weighted by Crippen LogP contribution is 2.27. The van der Waals surface area contributed by atoms with Gasteiger partial charge in [-0.2, -0.15) is 0 Å². The minimum Gasteiger partial charge on any atom is -0.317 e. The first-order valence-electron chi connectivity index (χ1n) is 10.1. The Morgan fingerprint density at radius 3 is 2.48 bits per heavy atom. The zero-order valence-electron chi connectivity index (χ0n) is 16.8. The van der Waals surface area contributed by atoms with Crippen LogP contribution in [0.5, 0.6) is 0 Å². The molecule has 6 heteroatoms. The Labute approximate surface area is 170 Å². The molecule has 6 nitrogen and oxygen atoms in total. The Morgan fingerprint density at radius 2 is 1.76 bits per heavy atom. The highest BCUT2D eigenvalue weighted by Gasteiger charge is 2.40. The standard InChI is InChI=1S/C23H25N3O3/c1-15-10-11-19(13-16(15)2)25-12-6-9-18(25)14-20-21(27)24-23(29)26(22(20)28)17-7-4-3-5-8-17/h6,9-14,17H,3-5,7-8H2,1-2H3,(H,24,27,29)/b20-14+. The molecule has 1 aliphatic heterocycles. The SMILES string of the molecule is Cc1ccc(-n2cccc2/C=C2\C(=O)NC(=O)N(C3CCCCC3)C2=O)cc1C. The monoisotopic (exact) mass is 391 g/mol. The van der Waals surface area contributed by atoms with E-state index in [0.29, 0.717) is 5.69 Å². The number of amides is 4. The molecule has 1 saturated heterocycles. The molecule has 2 aliphatic rings. The number of aromatic nitrogens is 1. The van der Waals surface area contributed by atoms with E-state index in [9.17, 15) is 14.4 Å². The average Bonchev–Trinajstić information content (AvgIpc) is 3.16. The number of barbiturate groups is 1. The number of rotatable bonds is 3. The molecule has 0 atom stereocenters. The summed E-state index contributed by atoms with van der Waals surface area (Å²) in [7, 11) is 0. The number of imide groups is 2. The topological polar surface area (TPSA) is 71.4 Å². The van der Waals surface area contributed by atoms with Gasteiger partial charge in [0, 0.05) is 23.6 Å². The molecular formula is C23H25N3O3. The van der Waals surface area contributed by atoms with Crippen molar-refractivity contribution in [3.8, 4) is 5.69 Å². The van der Waals surface area contributed by atoms with Crippen molar-refractivity contribution < 1.29 is 14.4 Å². The van der Waals surface area contributed by atoms with Crippen LogP contribution in [0.1, 0.15) is 48.9 Å². The molecule has 2 fully saturated rings. The van der Waals surface area contributed by atoms with E-state index >= 15 is 0 Å². The second-order valence-corrected chi connectivity index (χ2v) is 7.86. The first kappa shape index (κ1) is 19.2. The molecule has 0 unspecified atom stereocenters. The van der Waals surface area contributed by atoms with E-state index in [0.717, 1.165) is 43.4 Å². The van der Waals surface area contributed by atoms with Gasteiger partial charge in [-0.1, -0.05) is 25.3 Å². The highest BCUT2D eigenvalue weighted by molar-refractivity contribution is 6.31. The third-order valence-electron chi connectivity index (χ3n) is 5.91. The first-order valence-corrected chi connectivity index (χ1v) is 10.1. The van der Waals surface area contributed by atoms with Crippen LogP contribution in [-0.4, -0.2) is 33.4 Å². The molecule has 1 aromatic carbocycles. The van der Waals surface area contributed by atoms with Crippen LogP contribution in [0, 0.1) is 13.8 Å². The number of aryl methyl sites for hydroxylation is 2. The van der Waals surface area contributed by atoms with Crippen molar-refractivity contribution >= 4 is 23.9 Å². The summed E-state index contributed by atoms with van der Waals surface area (Å²) in [5, 5.41) is 2.35. The normalized spacial score (nSPS) is 19.7. The Morgan fingerprint density at radius 1 is 1.00 bits per heavy atom. The summed E-state index contributed by atoms with van der Waals surface area (Å²) in [6, 6.07) is 9.10. The number of nitrogens with one attached hydrogen (secondary N) is 1. The van der Waals surface area contributed by atoms with E-state index < -0.39 is 17.8 Å². The Bertz CT molecular complexity index is 1010. The zero-order chi connectivity index (χ0) is 20.5. The Balaban J connectivity index is 1.69. The summed E-state index contributed by atoms with van der Waals surface area (Å²) in [5.74, 6) is -1.14. The molecule has 2 aromatic rings. The van der Waals surface area contributed by atoms with Gasteiger partial charge in [-0.3, -0.25) is 19.8 Å². The lowest BCUT2D eigenvalue weighted by molar-refractivity contribution is -0.132. The van der Waals surface area contributed by atoms with Crippen LogP contribution in [0.2, 0.25) is 0 Å². The molecule has 150 valence electrons. The summed E-state index contributed by atoms with van der Waals surface area (Å²) in [5.41, 5.74) is 4.03. The van der Waals surface area contributed by atoms with E-state index in [-0.39, 0.29) is 11.6 Å². The molecule has 29 heavy (non-hydrogen) atoms. The maximum Gasteiger partial charge on any atom is 0.331 e. The lowest BCUT2D eigenvalue weighted by Crippen LogP contribution is -2.58. The molecule has 1 aromatic heterocycles. The Hall–Kier alpha value is -3.15. The van der Waals surface area contributed by atoms with Crippen molar-refractivity contribution in [1.82, 2.24) is 14.8 Å². The van der Waals surface area contributed by atoms with Crippen LogP contribution >= 0.6 is 0 Å². The predicted molar refractivity (Wildman–Crippen MR) is 110 cm³/mol. The molecule has 4 amide bonds. The van der Waals surface area contributed by atoms with E-state index in [1.165, 1.54) is 10.5 Å². The number of nitrogens with zero attached hydrogens (tertiary/aromatic N) is 2. The molecule has 0 spiro atoms. The number of benzene rings is 1.